The van der Waals surface area contributed by atoms with Gasteiger partial charge in [-0.1, -0.05) is 54.6 Å². The number of pyridine rings is 1. The molecule has 1 N–H and O–H groups in total. The van der Waals surface area contributed by atoms with Gasteiger partial charge in [0, 0.05) is 29.8 Å². The van der Waals surface area contributed by atoms with Crippen molar-refractivity contribution in [1.29, 1.82) is 0 Å². The van der Waals surface area contributed by atoms with E-state index in [9.17, 15) is 14.0 Å². The molecule has 1 amide bonds. The molecule has 0 saturated carbocycles. The lowest BCUT2D eigenvalue weighted by Crippen LogP contribution is -2.24. The van der Waals surface area contributed by atoms with Gasteiger partial charge in [-0.15, -0.1) is 0 Å². The third kappa shape index (κ3) is 3.74. The van der Waals surface area contributed by atoms with Crippen LogP contribution in [0.25, 0.3) is 22.0 Å². The lowest BCUT2D eigenvalue weighted by atomic mass is 9.90. The van der Waals surface area contributed by atoms with Crippen molar-refractivity contribution in [2.75, 3.05) is 0 Å². The fraction of sp³-hybridized carbons (Fsp3) is 0.148. The summed E-state index contributed by atoms with van der Waals surface area (Å²) in [5.41, 5.74) is 4.75. The van der Waals surface area contributed by atoms with Crippen molar-refractivity contribution in [3.63, 3.8) is 0 Å². The van der Waals surface area contributed by atoms with Gasteiger partial charge in [-0.3, -0.25) is 9.59 Å². The van der Waals surface area contributed by atoms with Gasteiger partial charge in [0.15, 0.2) is 0 Å². The molecule has 5 nitrogen and oxygen atoms in total. The second kappa shape index (κ2) is 8.13. The largest absolute Gasteiger partial charge is 0.321 e. The molecular formula is C27H22FN3O2. The van der Waals surface area contributed by atoms with Crippen LogP contribution in [0.1, 0.15) is 36.1 Å². The maximum absolute atomic E-state index is 13.9. The van der Waals surface area contributed by atoms with Crippen LogP contribution in [0.5, 0.6) is 0 Å². The standard InChI is InChI=1S/C27H22FN3O2/c1-16-11-12-21-22(13-16)29-27(33)26(25(21)18-7-4-3-5-8-18)23-15-24(31(30-23)17(2)32)19-9-6-10-20(28)14-19/h3-14,24H,15H2,1-2H3,(H,29,33)/t24-/m0/s1. The summed E-state index contributed by atoms with van der Waals surface area (Å²) in [5.74, 6) is -0.651. The summed E-state index contributed by atoms with van der Waals surface area (Å²) in [4.78, 5) is 28.8. The molecule has 164 valence electrons. The summed E-state index contributed by atoms with van der Waals surface area (Å²) in [7, 11) is 0. The van der Waals surface area contributed by atoms with Crippen LogP contribution in [0.3, 0.4) is 0 Å². The fourth-order valence-corrected chi connectivity index (χ4v) is 4.52. The van der Waals surface area contributed by atoms with Crippen LogP contribution in [0.4, 0.5) is 4.39 Å². The second-order valence-electron chi connectivity index (χ2n) is 8.30. The van der Waals surface area contributed by atoms with Crippen molar-refractivity contribution in [2.24, 2.45) is 5.10 Å². The third-order valence-electron chi connectivity index (χ3n) is 5.99. The second-order valence-corrected chi connectivity index (χ2v) is 8.30. The number of nitrogens with zero attached hydrogens (tertiary/aromatic N) is 2. The van der Waals surface area contributed by atoms with Gasteiger partial charge in [0.25, 0.3) is 5.56 Å². The van der Waals surface area contributed by atoms with Crippen molar-refractivity contribution in [3.05, 3.63) is 106 Å². The molecular weight excluding hydrogens is 417 g/mol. The molecule has 3 aromatic carbocycles. The first kappa shape index (κ1) is 20.8. The van der Waals surface area contributed by atoms with Crippen molar-refractivity contribution in [2.45, 2.75) is 26.3 Å². The number of aromatic nitrogens is 1. The number of hydrazone groups is 1. The van der Waals surface area contributed by atoms with E-state index in [1.54, 1.807) is 12.1 Å². The number of fused-ring (bicyclic) bond motifs is 1. The summed E-state index contributed by atoms with van der Waals surface area (Å²) in [6.45, 7) is 3.40. The highest BCUT2D eigenvalue weighted by Crippen LogP contribution is 2.37. The number of carbonyl (C=O) groups excluding carboxylic acids is 1. The lowest BCUT2D eigenvalue weighted by molar-refractivity contribution is -0.130. The SMILES string of the molecule is CC(=O)N1N=C(c2c(-c3ccccc3)c3ccc(C)cc3[nH]c2=O)C[C@H]1c1cccc(F)c1. The maximum atomic E-state index is 13.9. The fourth-order valence-electron chi connectivity index (χ4n) is 4.52. The Bertz CT molecular complexity index is 1470. The Balaban J connectivity index is 1.74. The Labute approximate surface area is 190 Å². The zero-order valence-electron chi connectivity index (χ0n) is 18.3. The van der Waals surface area contributed by atoms with Gasteiger partial charge in [0.1, 0.15) is 5.82 Å². The molecule has 5 rings (SSSR count). The van der Waals surface area contributed by atoms with Gasteiger partial charge in [0.05, 0.1) is 17.3 Å². The van der Waals surface area contributed by atoms with Crippen LogP contribution in [0.15, 0.2) is 82.7 Å². The van der Waals surface area contributed by atoms with Gasteiger partial charge in [-0.2, -0.15) is 5.10 Å². The molecule has 0 aliphatic carbocycles. The van der Waals surface area contributed by atoms with Gasteiger partial charge < -0.3 is 4.98 Å². The molecule has 0 bridgehead atoms. The average Bonchev–Trinajstić information content (AvgIpc) is 3.24. The number of hydrogen-bond donors (Lipinski definition) is 1. The van der Waals surface area contributed by atoms with E-state index < -0.39 is 6.04 Å². The monoisotopic (exact) mass is 439 g/mol. The van der Waals surface area contributed by atoms with E-state index >= 15 is 0 Å². The van der Waals surface area contributed by atoms with E-state index in [-0.39, 0.29) is 17.3 Å². The Kier molecular flexibility index (Phi) is 5.13. The van der Waals surface area contributed by atoms with Crippen LogP contribution in [-0.2, 0) is 4.79 Å². The van der Waals surface area contributed by atoms with Crippen molar-refractivity contribution in [3.8, 4) is 11.1 Å². The number of rotatable bonds is 3. The number of hydrogen-bond acceptors (Lipinski definition) is 3. The number of carbonyl (C=O) groups is 1. The third-order valence-corrected chi connectivity index (χ3v) is 5.99. The summed E-state index contributed by atoms with van der Waals surface area (Å²) in [6.07, 6.45) is 0.309. The number of aromatic amines is 1. The predicted molar refractivity (Wildman–Crippen MR) is 128 cm³/mol. The zero-order chi connectivity index (χ0) is 23.1. The van der Waals surface area contributed by atoms with Crippen molar-refractivity contribution >= 4 is 22.5 Å². The molecule has 1 aromatic heterocycles. The topological polar surface area (TPSA) is 65.5 Å². The highest BCUT2D eigenvalue weighted by molar-refractivity contribution is 6.12. The molecule has 2 heterocycles. The molecule has 0 unspecified atom stereocenters. The minimum absolute atomic E-state index is 0.269. The van der Waals surface area contributed by atoms with E-state index in [2.05, 4.69) is 10.1 Å². The normalized spacial score (nSPS) is 15.7. The van der Waals surface area contributed by atoms with Gasteiger partial charge in [-0.25, -0.2) is 9.40 Å². The van der Waals surface area contributed by atoms with Crippen molar-refractivity contribution in [1.82, 2.24) is 9.99 Å². The molecule has 6 heteroatoms. The quantitative estimate of drug-likeness (QED) is 0.468. The minimum atomic E-state index is -0.482. The van der Waals surface area contributed by atoms with E-state index in [1.165, 1.54) is 24.1 Å². The number of nitrogens with one attached hydrogen (secondary N) is 1. The Morgan fingerprint density at radius 3 is 2.55 bits per heavy atom. The van der Waals surface area contributed by atoms with E-state index in [0.29, 0.717) is 23.3 Å². The summed E-state index contributed by atoms with van der Waals surface area (Å²) in [5, 5.41) is 6.82. The number of amides is 1. The van der Waals surface area contributed by atoms with E-state index in [4.69, 9.17) is 0 Å². The molecule has 1 aliphatic rings. The first-order chi connectivity index (χ1) is 15.9. The molecule has 0 saturated heterocycles. The smallest absolute Gasteiger partial charge is 0.258 e. The zero-order valence-corrected chi connectivity index (χ0v) is 18.3. The predicted octanol–water partition coefficient (Wildman–Crippen LogP) is 5.34. The van der Waals surface area contributed by atoms with Crippen LogP contribution in [0.2, 0.25) is 0 Å². The van der Waals surface area contributed by atoms with Crippen LogP contribution in [0, 0.1) is 12.7 Å². The minimum Gasteiger partial charge on any atom is -0.321 e. The maximum Gasteiger partial charge on any atom is 0.258 e. The van der Waals surface area contributed by atoms with E-state index in [0.717, 1.165) is 27.6 Å². The van der Waals surface area contributed by atoms with Crippen LogP contribution >= 0.6 is 0 Å². The Hall–Kier alpha value is -4.06. The van der Waals surface area contributed by atoms with E-state index in [1.807, 2.05) is 55.5 Å². The number of aryl methyl sites for hydroxylation is 1. The molecule has 1 aliphatic heterocycles. The summed E-state index contributed by atoms with van der Waals surface area (Å²) in [6, 6.07) is 21.3. The van der Waals surface area contributed by atoms with Crippen molar-refractivity contribution < 1.29 is 9.18 Å². The molecule has 0 radical (unpaired) electrons. The highest BCUT2D eigenvalue weighted by Gasteiger charge is 2.34. The average molecular weight is 439 g/mol. The van der Waals surface area contributed by atoms with Crippen LogP contribution in [-0.4, -0.2) is 21.6 Å². The Morgan fingerprint density at radius 1 is 1.03 bits per heavy atom. The number of benzene rings is 3. The molecule has 4 aromatic rings. The molecule has 33 heavy (non-hydrogen) atoms. The number of halogens is 1. The summed E-state index contributed by atoms with van der Waals surface area (Å²) < 4.78 is 13.9. The molecule has 1 atom stereocenters. The highest BCUT2D eigenvalue weighted by atomic mass is 19.1. The van der Waals surface area contributed by atoms with Crippen LogP contribution < -0.4 is 5.56 Å². The van der Waals surface area contributed by atoms with Gasteiger partial charge in [0.2, 0.25) is 5.91 Å². The van der Waals surface area contributed by atoms with Gasteiger partial charge >= 0.3 is 0 Å². The number of H-pyrrole nitrogens is 1. The van der Waals surface area contributed by atoms with Gasteiger partial charge in [-0.05, 0) is 41.8 Å². The lowest BCUT2D eigenvalue weighted by Gasteiger charge is -2.20. The Morgan fingerprint density at radius 2 is 1.82 bits per heavy atom. The molecule has 0 fully saturated rings. The first-order valence-corrected chi connectivity index (χ1v) is 10.8. The summed E-state index contributed by atoms with van der Waals surface area (Å²) >= 11 is 0. The first-order valence-electron chi connectivity index (χ1n) is 10.8. The molecule has 0 spiro atoms.